The minimum atomic E-state index is 0.506. The number of nitrogens with zero attached hydrogens (tertiary/aromatic N) is 2. The van der Waals surface area contributed by atoms with Crippen LogP contribution in [0.4, 0.5) is 5.69 Å². The second-order valence-corrected chi connectivity index (χ2v) is 6.67. The monoisotopic (exact) mass is 302 g/mol. The van der Waals surface area contributed by atoms with Crippen LogP contribution in [-0.2, 0) is 0 Å². The summed E-state index contributed by atoms with van der Waals surface area (Å²) in [6.07, 6.45) is 3.67. The predicted molar refractivity (Wildman–Crippen MR) is 95.2 cm³/mol. The molecule has 4 nitrogen and oxygen atoms in total. The third-order valence-corrected chi connectivity index (χ3v) is 4.16. The van der Waals surface area contributed by atoms with Crippen molar-refractivity contribution in [1.29, 1.82) is 0 Å². The van der Waals surface area contributed by atoms with E-state index in [1.807, 2.05) is 30.3 Å². The number of anilines is 1. The van der Waals surface area contributed by atoms with Crippen LogP contribution >= 0.6 is 0 Å². The Morgan fingerprint density at radius 2 is 1.86 bits per heavy atom. The van der Waals surface area contributed by atoms with Crippen LogP contribution in [0.3, 0.4) is 0 Å². The Morgan fingerprint density at radius 3 is 2.55 bits per heavy atom. The summed E-state index contributed by atoms with van der Waals surface area (Å²) in [5, 5.41) is 3.11. The Kier molecular flexibility index (Phi) is 6.72. The van der Waals surface area contributed by atoms with E-state index >= 15 is 0 Å². The van der Waals surface area contributed by atoms with Gasteiger partial charge in [-0.1, -0.05) is 32.0 Å². The maximum absolute atomic E-state index is 5.90. The molecular weight excluding hydrogens is 272 g/mol. The smallest absolute Gasteiger partial charge is 0.193 e. The maximum atomic E-state index is 5.90. The number of nitrogens with two attached hydrogens (primary N) is 1. The number of hydrogen-bond acceptors (Lipinski definition) is 2. The van der Waals surface area contributed by atoms with Crippen molar-refractivity contribution in [2.75, 3.05) is 31.5 Å². The summed E-state index contributed by atoms with van der Waals surface area (Å²) in [5.74, 6) is 2.19. The molecule has 4 heteroatoms. The molecule has 0 aromatic heterocycles. The average molecular weight is 302 g/mol. The molecule has 1 saturated heterocycles. The van der Waals surface area contributed by atoms with Crippen LogP contribution < -0.4 is 11.1 Å². The first-order valence-electron chi connectivity index (χ1n) is 8.48. The van der Waals surface area contributed by atoms with Gasteiger partial charge in [-0.05, 0) is 49.8 Å². The summed E-state index contributed by atoms with van der Waals surface area (Å²) in [4.78, 5) is 7.00. The van der Waals surface area contributed by atoms with E-state index in [2.05, 4.69) is 29.1 Å². The fourth-order valence-corrected chi connectivity index (χ4v) is 3.33. The third kappa shape index (κ3) is 6.06. The molecule has 1 aromatic carbocycles. The molecule has 0 amide bonds. The molecule has 1 aliphatic heterocycles. The highest BCUT2D eigenvalue weighted by atomic mass is 15.1. The van der Waals surface area contributed by atoms with E-state index < -0.39 is 0 Å². The number of rotatable bonds is 6. The van der Waals surface area contributed by atoms with E-state index in [1.165, 1.54) is 32.5 Å². The molecule has 0 bridgehead atoms. The Labute approximate surface area is 134 Å². The van der Waals surface area contributed by atoms with Gasteiger partial charge in [0.25, 0.3) is 0 Å². The summed E-state index contributed by atoms with van der Waals surface area (Å²) in [6.45, 7) is 9.23. The Morgan fingerprint density at radius 1 is 1.18 bits per heavy atom. The van der Waals surface area contributed by atoms with E-state index in [1.54, 1.807) is 0 Å². The molecule has 0 aliphatic carbocycles. The van der Waals surface area contributed by atoms with E-state index in [9.17, 15) is 0 Å². The zero-order valence-corrected chi connectivity index (χ0v) is 14.0. The van der Waals surface area contributed by atoms with Crippen molar-refractivity contribution in [3.63, 3.8) is 0 Å². The van der Waals surface area contributed by atoms with E-state index in [0.717, 1.165) is 30.5 Å². The van der Waals surface area contributed by atoms with Gasteiger partial charge in [0.1, 0.15) is 0 Å². The molecule has 22 heavy (non-hydrogen) atoms. The van der Waals surface area contributed by atoms with Gasteiger partial charge in [0.2, 0.25) is 0 Å². The number of piperidine rings is 1. The van der Waals surface area contributed by atoms with Crippen molar-refractivity contribution < 1.29 is 0 Å². The molecule has 1 heterocycles. The van der Waals surface area contributed by atoms with Crippen LogP contribution in [0.15, 0.2) is 35.3 Å². The van der Waals surface area contributed by atoms with Crippen LogP contribution in [-0.4, -0.2) is 37.0 Å². The van der Waals surface area contributed by atoms with Gasteiger partial charge in [0, 0.05) is 25.3 Å². The van der Waals surface area contributed by atoms with Crippen molar-refractivity contribution in [3.8, 4) is 0 Å². The third-order valence-electron chi connectivity index (χ3n) is 4.16. The van der Waals surface area contributed by atoms with E-state index in [0.29, 0.717) is 5.96 Å². The summed E-state index contributed by atoms with van der Waals surface area (Å²) in [5.41, 5.74) is 6.88. The zero-order valence-electron chi connectivity index (χ0n) is 14.0. The van der Waals surface area contributed by atoms with E-state index in [-0.39, 0.29) is 0 Å². The van der Waals surface area contributed by atoms with Crippen LogP contribution in [0.5, 0.6) is 0 Å². The lowest BCUT2D eigenvalue weighted by Crippen LogP contribution is -2.39. The van der Waals surface area contributed by atoms with Gasteiger partial charge >= 0.3 is 0 Å². The lowest BCUT2D eigenvalue weighted by molar-refractivity contribution is 0.139. The van der Waals surface area contributed by atoms with Gasteiger partial charge in [-0.3, -0.25) is 4.99 Å². The minimum Gasteiger partial charge on any atom is -0.370 e. The van der Waals surface area contributed by atoms with Crippen LogP contribution in [0.2, 0.25) is 0 Å². The minimum absolute atomic E-state index is 0.506. The molecule has 0 saturated carbocycles. The SMILES string of the molecule is CC1CC(C)CN(CCCCN=C(N)Nc2ccccc2)C1. The van der Waals surface area contributed by atoms with Crippen molar-refractivity contribution in [2.45, 2.75) is 33.1 Å². The topological polar surface area (TPSA) is 53.6 Å². The number of unbranched alkanes of at least 4 members (excludes halogenated alkanes) is 1. The number of aliphatic imine (C=N–C) groups is 1. The molecule has 2 unspecified atom stereocenters. The number of benzene rings is 1. The lowest BCUT2D eigenvalue weighted by Gasteiger charge is -2.34. The van der Waals surface area contributed by atoms with Crippen LogP contribution in [0.25, 0.3) is 0 Å². The highest BCUT2D eigenvalue weighted by Gasteiger charge is 2.20. The molecular formula is C18H30N4. The fourth-order valence-electron chi connectivity index (χ4n) is 3.33. The molecule has 1 aromatic rings. The molecule has 1 aliphatic rings. The Balaban J connectivity index is 1.61. The lowest BCUT2D eigenvalue weighted by atomic mass is 9.92. The van der Waals surface area contributed by atoms with E-state index in [4.69, 9.17) is 5.73 Å². The van der Waals surface area contributed by atoms with Gasteiger partial charge < -0.3 is 16.0 Å². The number of likely N-dealkylation sites (tertiary alicyclic amines) is 1. The van der Waals surface area contributed by atoms with Gasteiger partial charge in [-0.25, -0.2) is 0 Å². The number of nitrogens with one attached hydrogen (secondary N) is 1. The Bertz CT molecular complexity index is 447. The molecule has 2 rings (SSSR count). The first-order valence-corrected chi connectivity index (χ1v) is 8.48. The normalized spacial score (nSPS) is 23.5. The average Bonchev–Trinajstić information content (AvgIpc) is 2.47. The first-order chi connectivity index (χ1) is 10.6. The molecule has 0 spiro atoms. The molecule has 2 atom stereocenters. The largest absolute Gasteiger partial charge is 0.370 e. The van der Waals surface area contributed by atoms with Crippen molar-refractivity contribution in [2.24, 2.45) is 22.6 Å². The van der Waals surface area contributed by atoms with Gasteiger partial charge in [0.15, 0.2) is 5.96 Å². The van der Waals surface area contributed by atoms with Crippen LogP contribution in [0, 0.1) is 11.8 Å². The summed E-state index contributed by atoms with van der Waals surface area (Å²) in [7, 11) is 0. The van der Waals surface area contributed by atoms with Crippen LogP contribution in [0.1, 0.15) is 33.1 Å². The quantitative estimate of drug-likeness (QED) is 0.482. The van der Waals surface area contributed by atoms with Crippen molar-refractivity contribution >= 4 is 11.6 Å². The second kappa shape index (κ2) is 8.79. The fraction of sp³-hybridized carbons (Fsp3) is 0.611. The molecule has 1 fully saturated rings. The summed E-state index contributed by atoms with van der Waals surface area (Å²) in [6, 6.07) is 9.93. The van der Waals surface area contributed by atoms with Gasteiger partial charge in [0.05, 0.1) is 0 Å². The van der Waals surface area contributed by atoms with Gasteiger partial charge in [-0.15, -0.1) is 0 Å². The molecule has 0 radical (unpaired) electrons. The van der Waals surface area contributed by atoms with Crippen molar-refractivity contribution in [3.05, 3.63) is 30.3 Å². The highest BCUT2D eigenvalue weighted by molar-refractivity contribution is 5.92. The first kappa shape index (κ1) is 16.8. The van der Waals surface area contributed by atoms with Crippen molar-refractivity contribution in [1.82, 2.24) is 4.90 Å². The zero-order chi connectivity index (χ0) is 15.8. The standard InChI is InChI=1S/C18H30N4/c1-15-12-16(2)14-22(13-15)11-7-6-10-20-18(19)21-17-8-4-3-5-9-17/h3-5,8-9,15-16H,6-7,10-14H2,1-2H3,(H3,19,20,21). The molecule has 122 valence electrons. The molecule has 3 N–H and O–H groups in total. The number of guanidine groups is 1. The second-order valence-electron chi connectivity index (χ2n) is 6.67. The highest BCUT2D eigenvalue weighted by Crippen LogP contribution is 2.20. The predicted octanol–water partition coefficient (Wildman–Crippen LogP) is 3.17. The Hall–Kier alpha value is -1.55. The number of para-hydroxylation sites is 1. The summed E-state index contributed by atoms with van der Waals surface area (Å²) < 4.78 is 0. The van der Waals surface area contributed by atoms with Gasteiger partial charge in [-0.2, -0.15) is 0 Å². The summed E-state index contributed by atoms with van der Waals surface area (Å²) >= 11 is 0. The number of hydrogen-bond donors (Lipinski definition) is 2. The maximum Gasteiger partial charge on any atom is 0.193 e.